The number of anilines is 1. The number of rotatable bonds is 13. The summed E-state index contributed by atoms with van der Waals surface area (Å²) < 4.78 is 11.5. The molecule has 3 unspecified atom stereocenters. The molecule has 0 bridgehead atoms. The van der Waals surface area contributed by atoms with Crippen LogP contribution in [0, 0.1) is 34.5 Å². The molecule has 0 aromatic heterocycles. The number of benzene rings is 3. The smallest absolute Gasteiger partial charge is 0.264 e. The van der Waals surface area contributed by atoms with Gasteiger partial charge in [-0.15, -0.1) is 0 Å². The van der Waals surface area contributed by atoms with E-state index in [1.807, 2.05) is 11.9 Å². The third-order valence-electron chi connectivity index (χ3n) is 16.6. The Bertz CT molecular complexity index is 2210. The fraction of sp³-hybridized carbons (Fsp3) is 0.580. The lowest BCUT2D eigenvalue weighted by molar-refractivity contribution is -0.141. The van der Waals surface area contributed by atoms with Crippen LogP contribution < -0.4 is 10.6 Å². The quantitative estimate of drug-likeness (QED) is 0.132. The van der Waals surface area contributed by atoms with Crippen molar-refractivity contribution in [1.29, 1.82) is 0 Å². The van der Waals surface area contributed by atoms with Gasteiger partial charge in [-0.2, -0.15) is 0 Å². The zero-order valence-corrected chi connectivity index (χ0v) is 36.1. The van der Waals surface area contributed by atoms with Crippen molar-refractivity contribution in [2.24, 2.45) is 34.5 Å². The maximum Gasteiger partial charge on any atom is 0.264 e. The summed E-state index contributed by atoms with van der Waals surface area (Å²) in [6, 6.07) is 20.3. The number of carbonyl (C=O) groups excluding carboxylic acids is 5. The molecule has 11 heteroatoms. The van der Waals surface area contributed by atoms with Gasteiger partial charge in [-0.05, 0) is 133 Å². The van der Waals surface area contributed by atoms with Crippen molar-refractivity contribution in [3.05, 3.63) is 77.4 Å². The van der Waals surface area contributed by atoms with Crippen molar-refractivity contribution in [2.45, 2.75) is 109 Å². The number of fused-ring (bicyclic) bond motifs is 7. The highest BCUT2D eigenvalue weighted by Gasteiger charge is 2.60. The summed E-state index contributed by atoms with van der Waals surface area (Å²) in [6.45, 7) is 7.04. The first-order valence-electron chi connectivity index (χ1n) is 23.0. The molecule has 6 aliphatic rings. The summed E-state index contributed by atoms with van der Waals surface area (Å²) in [5.41, 5.74) is 3.23. The van der Waals surface area contributed by atoms with Gasteiger partial charge in [-0.25, -0.2) is 0 Å². The SMILES string of the molecule is CN(C(=O)CCOCCOCCNc1cccc2c1C(=O)N(C1CCC(=O)NC1=O)C2=O)[C@H]1CC[C@]2(C)C3CC[C@]4(C)[C@@H](c5ccc6ccccc6c5)CC[C@H]4C3CC[C@H]2C1. The average Bonchev–Trinajstić information content (AvgIpc) is 3.75. The molecular formula is C50H62N4O7. The van der Waals surface area contributed by atoms with Gasteiger partial charge in [0.1, 0.15) is 6.04 Å². The second-order valence-electron chi connectivity index (χ2n) is 19.4. The van der Waals surface area contributed by atoms with E-state index in [0.29, 0.717) is 67.7 Å². The predicted molar refractivity (Wildman–Crippen MR) is 233 cm³/mol. The minimum absolute atomic E-state index is 0.0697. The van der Waals surface area contributed by atoms with Crippen LogP contribution in [0.4, 0.5) is 5.69 Å². The first-order valence-corrected chi connectivity index (χ1v) is 23.0. The van der Waals surface area contributed by atoms with Crippen molar-refractivity contribution < 1.29 is 33.4 Å². The Kier molecular flexibility index (Phi) is 11.6. The largest absolute Gasteiger partial charge is 0.382 e. The Hall–Kier alpha value is -4.61. The van der Waals surface area contributed by atoms with Gasteiger partial charge in [0.2, 0.25) is 17.7 Å². The first-order chi connectivity index (χ1) is 29.5. The van der Waals surface area contributed by atoms with Gasteiger partial charge in [-0.1, -0.05) is 62.4 Å². The molecule has 324 valence electrons. The molecule has 61 heavy (non-hydrogen) atoms. The van der Waals surface area contributed by atoms with Crippen LogP contribution >= 0.6 is 0 Å². The molecule has 2 heterocycles. The highest BCUT2D eigenvalue weighted by molar-refractivity contribution is 6.25. The topological polar surface area (TPSA) is 134 Å². The van der Waals surface area contributed by atoms with E-state index < -0.39 is 29.7 Å². The number of amides is 5. The molecule has 4 saturated carbocycles. The lowest BCUT2D eigenvalue weighted by Crippen LogP contribution is -2.55. The summed E-state index contributed by atoms with van der Waals surface area (Å²) in [7, 11) is 1.99. The van der Waals surface area contributed by atoms with Crippen LogP contribution in [0.5, 0.6) is 0 Å². The van der Waals surface area contributed by atoms with E-state index >= 15 is 0 Å². The Labute approximate surface area is 359 Å². The fourth-order valence-corrected chi connectivity index (χ4v) is 13.3. The molecule has 9 rings (SSSR count). The normalized spacial score (nSPS) is 31.9. The Morgan fingerprint density at radius 3 is 2.39 bits per heavy atom. The van der Waals surface area contributed by atoms with E-state index in [-0.39, 0.29) is 35.9 Å². The van der Waals surface area contributed by atoms with Gasteiger partial charge < -0.3 is 19.7 Å². The lowest BCUT2D eigenvalue weighted by Gasteiger charge is -2.61. The molecule has 11 nitrogen and oxygen atoms in total. The first kappa shape index (κ1) is 41.7. The maximum atomic E-state index is 13.4. The summed E-state index contributed by atoms with van der Waals surface area (Å²) in [5, 5.41) is 8.11. The second kappa shape index (κ2) is 16.9. The van der Waals surface area contributed by atoms with E-state index in [2.05, 4.69) is 66.9 Å². The molecule has 0 spiro atoms. The minimum atomic E-state index is -1.01. The molecule has 5 fully saturated rings. The van der Waals surface area contributed by atoms with Crippen LogP contribution in [-0.4, -0.2) is 91.4 Å². The van der Waals surface area contributed by atoms with Crippen LogP contribution in [0.3, 0.4) is 0 Å². The lowest BCUT2D eigenvalue weighted by atomic mass is 9.44. The number of nitrogens with one attached hydrogen (secondary N) is 2. The molecule has 3 aromatic carbocycles. The molecule has 4 aliphatic carbocycles. The average molecular weight is 831 g/mol. The fourth-order valence-electron chi connectivity index (χ4n) is 13.3. The number of imide groups is 2. The monoisotopic (exact) mass is 830 g/mol. The number of nitrogens with zero attached hydrogens (tertiary/aromatic N) is 2. The van der Waals surface area contributed by atoms with Crippen LogP contribution in [0.1, 0.15) is 123 Å². The Morgan fingerprint density at radius 1 is 0.803 bits per heavy atom. The zero-order valence-electron chi connectivity index (χ0n) is 36.1. The summed E-state index contributed by atoms with van der Waals surface area (Å²) in [4.78, 5) is 66.8. The highest BCUT2D eigenvalue weighted by Crippen LogP contribution is 2.69. The van der Waals surface area contributed by atoms with Gasteiger partial charge >= 0.3 is 0 Å². The van der Waals surface area contributed by atoms with Crippen molar-refractivity contribution in [1.82, 2.24) is 15.1 Å². The van der Waals surface area contributed by atoms with Gasteiger partial charge in [0.05, 0.1) is 44.0 Å². The van der Waals surface area contributed by atoms with E-state index in [1.165, 1.54) is 55.7 Å². The number of piperidine rings is 1. The molecule has 1 saturated heterocycles. The van der Waals surface area contributed by atoms with Gasteiger partial charge in [-0.3, -0.25) is 34.2 Å². The molecule has 3 aromatic rings. The summed E-state index contributed by atoms with van der Waals surface area (Å²) in [6.07, 6.45) is 11.9. The van der Waals surface area contributed by atoms with E-state index in [0.717, 1.165) is 35.5 Å². The number of hydrogen-bond acceptors (Lipinski definition) is 8. The van der Waals surface area contributed by atoms with Crippen LogP contribution in [-0.2, 0) is 23.9 Å². The molecule has 5 amide bonds. The second-order valence-corrected chi connectivity index (χ2v) is 19.4. The van der Waals surface area contributed by atoms with Gasteiger partial charge in [0.15, 0.2) is 0 Å². The predicted octanol–water partition coefficient (Wildman–Crippen LogP) is 7.73. The summed E-state index contributed by atoms with van der Waals surface area (Å²) >= 11 is 0. The summed E-state index contributed by atoms with van der Waals surface area (Å²) in [5.74, 6) is 1.75. The van der Waals surface area contributed by atoms with E-state index in [9.17, 15) is 24.0 Å². The van der Waals surface area contributed by atoms with Gasteiger partial charge in [0, 0.05) is 31.7 Å². The number of hydrogen-bond donors (Lipinski definition) is 2. The Morgan fingerprint density at radius 2 is 1.57 bits per heavy atom. The maximum absolute atomic E-state index is 13.4. The van der Waals surface area contributed by atoms with E-state index in [4.69, 9.17) is 9.47 Å². The van der Waals surface area contributed by atoms with Crippen molar-refractivity contribution in [3.63, 3.8) is 0 Å². The van der Waals surface area contributed by atoms with E-state index in [1.54, 1.807) is 23.8 Å². The van der Waals surface area contributed by atoms with Crippen molar-refractivity contribution in [2.75, 3.05) is 45.3 Å². The molecule has 9 atom stereocenters. The van der Waals surface area contributed by atoms with Crippen LogP contribution in [0.25, 0.3) is 10.8 Å². The third-order valence-corrected chi connectivity index (χ3v) is 16.6. The van der Waals surface area contributed by atoms with Gasteiger partial charge in [0.25, 0.3) is 11.8 Å². The van der Waals surface area contributed by atoms with Crippen molar-refractivity contribution >= 4 is 46.0 Å². The molecule has 2 N–H and O–H groups in total. The highest BCUT2D eigenvalue weighted by atomic mass is 16.5. The molecule has 2 aliphatic heterocycles. The zero-order chi connectivity index (χ0) is 42.5. The number of carbonyl (C=O) groups is 5. The Balaban J connectivity index is 0.690. The van der Waals surface area contributed by atoms with Crippen LogP contribution in [0.15, 0.2) is 60.7 Å². The van der Waals surface area contributed by atoms with Crippen LogP contribution in [0.2, 0.25) is 0 Å². The standard InChI is InChI=1S/C50H62N4O7/c1-49-22-19-35(30-34(49)13-14-36-39-16-15-38(50(39,2)23-20-40(36)49)33-12-11-31-7-4-5-8-32(31)29-33)53(3)44(56)21-25-60-27-28-61-26-24-51-41-10-6-9-37-45(41)48(59)54(47(37)58)42-17-18-43(55)52-46(42)57/h4-12,29,34-36,38-40,42,51H,13-28,30H2,1-3H3,(H,52,55,57)/t34-,35-,36?,38+,39-,40?,42?,49-,50+/m0/s1. The third kappa shape index (κ3) is 7.57. The molecule has 0 radical (unpaired) electrons. The molecular weight excluding hydrogens is 769 g/mol. The minimum Gasteiger partial charge on any atom is -0.382 e. The number of ether oxygens (including phenoxy) is 2. The van der Waals surface area contributed by atoms with Crippen molar-refractivity contribution in [3.8, 4) is 0 Å².